The summed E-state index contributed by atoms with van der Waals surface area (Å²) in [5.74, 6) is -0.476. The number of benzene rings is 1. The first-order valence-corrected chi connectivity index (χ1v) is 5.21. The fourth-order valence-corrected chi connectivity index (χ4v) is 1.71. The van der Waals surface area contributed by atoms with Crippen molar-refractivity contribution in [3.8, 4) is 0 Å². The van der Waals surface area contributed by atoms with E-state index in [1.165, 1.54) is 7.05 Å². The van der Waals surface area contributed by atoms with E-state index in [9.17, 15) is 14.4 Å². The Balaban J connectivity index is 2.25. The van der Waals surface area contributed by atoms with Gasteiger partial charge in [0.05, 0.1) is 13.1 Å². The van der Waals surface area contributed by atoms with Crippen LogP contribution in [-0.4, -0.2) is 43.1 Å². The third-order valence-corrected chi connectivity index (χ3v) is 2.77. The van der Waals surface area contributed by atoms with E-state index in [0.717, 1.165) is 11.2 Å². The van der Waals surface area contributed by atoms with Crippen LogP contribution < -0.4 is 4.90 Å². The van der Waals surface area contributed by atoms with Crippen LogP contribution in [0.3, 0.4) is 0 Å². The molecule has 0 spiro atoms. The standard InChI is InChI=1S/C12H12N2O3/c1-13-11(16)6-14(7-12(13)17)10-4-2-3-9(5-10)8-15/h2-5,8H,6-7H2,1H3. The van der Waals surface area contributed by atoms with Crippen LogP contribution in [0.5, 0.6) is 0 Å². The highest BCUT2D eigenvalue weighted by atomic mass is 16.2. The second-order valence-corrected chi connectivity index (χ2v) is 3.92. The summed E-state index contributed by atoms with van der Waals surface area (Å²) in [5, 5.41) is 0. The van der Waals surface area contributed by atoms with E-state index < -0.39 is 0 Å². The van der Waals surface area contributed by atoms with Crippen molar-refractivity contribution in [3.63, 3.8) is 0 Å². The highest BCUT2D eigenvalue weighted by molar-refractivity contribution is 6.02. The lowest BCUT2D eigenvalue weighted by atomic mass is 10.2. The van der Waals surface area contributed by atoms with Crippen molar-refractivity contribution < 1.29 is 14.4 Å². The van der Waals surface area contributed by atoms with E-state index in [-0.39, 0.29) is 24.9 Å². The van der Waals surface area contributed by atoms with E-state index in [2.05, 4.69) is 0 Å². The van der Waals surface area contributed by atoms with Crippen molar-refractivity contribution in [2.24, 2.45) is 0 Å². The highest BCUT2D eigenvalue weighted by Crippen LogP contribution is 2.17. The average Bonchev–Trinajstić information content (AvgIpc) is 2.35. The maximum Gasteiger partial charge on any atom is 0.248 e. The van der Waals surface area contributed by atoms with Crippen LogP contribution in [0.1, 0.15) is 10.4 Å². The average molecular weight is 232 g/mol. The summed E-state index contributed by atoms with van der Waals surface area (Å²) in [7, 11) is 1.48. The molecule has 0 radical (unpaired) electrons. The molecule has 2 rings (SSSR count). The molecule has 1 aromatic rings. The number of hydrogen-bond donors (Lipinski definition) is 0. The van der Waals surface area contributed by atoms with E-state index in [0.29, 0.717) is 11.3 Å². The van der Waals surface area contributed by atoms with Gasteiger partial charge in [-0.05, 0) is 12.1 Å². The van der Waals surface area contributed by atoms with Gasteiger partial charge in [0.25, 0.3) is 0 Å². The predicted octanol–water partition coefficient (Wildman–Crippen LogP) is 0.304. The molecule has 5 heteroatoms. The molecule has 0 N–H and O–H groups in total. The van der Waals surface area contributed by atoms with Crippen LogP contribution in [0.25, 0.3) is 0 Å². The number of aldehydes is 1. The number of hydrogen-bond acceptors (Lipinski definition) is 4. The number of carbonyl (C=O) groups is 3. The Morgan fingerprint density at radius 2 is 1.82 bits per heavy atom. The summed E-state index contributed by atoms with van der Waals surface area (Å²) in [4.78, 5) is 36.5. The van der Waals surface area contributed by atoms with Gasteiger partial charge in [-0.3, -0.25) is 19.3 Å². The number of carbonyl (C=O) groups excluding carboxylic acids is 3. The molecule has 0 atom stereocenters. The first-order valence-electron chi connectivity index (χ1n) is 5.21. The third kappa shape index (κ3) is 2.18. The molecular formula is C12H12N2O3. The quantitative estimate of drug-likeness (QED) is 0.543. The van der Waals surface area contributed by atoms with Gasteiger partial charge in [0.2, 0.25) is 11.8 Å². The van der Waals surface area contributed by atoms with Crippen molar-refractivity contribution in [1.29, 1.82) is 0 Å². The predicted molar refractivity (Wildman–Crippen MR) is 61.8 cm³/mol. The van der Waals surface area contributed by atoms with Crippen LogP contribution >= 0.6 is 0 Å². The van der Waals surface area contributed by atoms with Crippen LogP contribution in [0.15, 0.2) is 24.3 Å². The molecule has 2 amide bonds. The Hall–Kier alpha value is -2.17. The molecule has 0 unspecified atom stereocenters. The minimum Gasteiger partial charge on any atom is -0.353 e. The smallest absolute Gasteiger partial charge is 0.248 e. The van der Waals surface area contributed by atoms with Crippen molar-refractivity contribution in [1.82, 2.24) is 4.90 Å². The fraction of sp³-hybridized carbons (Fsp3) is 0.250. The maximum absolute atomic E-state index is 11.5. The van der Waals surface area contributed by atoms with Gasteiger partial charge < -0.3 is 4.90 Å². The number of anilines is 1. The first-order chi connectivity index (χ1) is 8.11. The van der Waals surface area contributed by atoms with E-state index in [1.807, 2.05) is 0 Å². The van der Waals surface area contributed by atoms with Gasteiger partial charge in [-0.25, -0.2) is 0 Å². The van der Waals surface area contributed by atoms with Crippen molar-refractivity contribution in [2.45, 2.75) is 0 Å². The largest absolute Gasteiger partial charge is 0.353 e. The zero-order valence-corrected chi connectivity index (χ0v) is 9.42. The number of amides is 2. The molecule has 1 fully saturated rings. The Morgan fingerprint density at radius 3 is 2.41 bits per heavy atom. The molecule has 17 heavy (non-hydrogen) atoms. The molecule has 88 valence electrons. The van der Waals surface area contributed by atoms with Gasteiger partial charge in [-0.15, -0.1) is 0 Å². The fourth-order valence-electron chi connectivity index (χ4n) is 1.71. The minimum atomic E-state index is -0.238. The number of rotatable bonds is 2. The molecule has 1 heterocycles. The summed E-state index contributed by atoms with van der Waals surface area (Å²) in [6.45, 7) is 0.315. The van der Waals surface area contributed by atoms with Crippen molar-refractivity contribution >= 4 is 23.8 Å². The van der Waals surface area contributed by atoms with E-state index in [4.69, 9.17) is 0 Å². The zero-order valence-electron chi connectivity index (χ0n) is 9.42. The molecule has 1 aliphatic rings. The molecule has 5 nitrogen and oxygen atoms in total. The van der Waals surface area contributed by atoms with Crippen LogP contribution in [0.4, 0.5) is 5.69 Å². The minimum absolute atomic E-state index is 0.157. The lowest BCUT2D eigenvalue weighted by Gasteiger charge is -2.32. The SMILES string of the molecule is CN1C(=O)CN(c2cccc(C=O)c2)CC1=O. The van der Waals surface area contributed by atoms with Crippen LogP contribution in [0.2, 0.25) is 0 Å². The normalized spacial score (nSPS) is 16.3. The third-order valence-electron chi connectivity index (χ3n) is 2.77. The zero-order chi connectivity index (χ0) is 12.4. The van der Waals surface area contributed by atoms with E-state index in [1.54, 1.807) is 29.2 Å². The first kappa shape index (κ1) is 11.3. The summed E-state index contributed by atoms with van der Waals surface area (Å²) in [5.41, 5.74) is 1.24. The van der Waals surface area contributed by atoms with Crippen LogP contribution in [0, 0.1) is 0 Å². The number of nitrogens with zero attached hydrogens (tertiary/aromatic N) is 2. The Bertz CT molecular complexity index is 466. The number of imide groups is 1. The summed E-state index contributed by atoms with van der Waals surface area (Å²) < 4.78 is 0. The van der Waals surface area contributed by atoms with Crippen LogP contribution in [-0.2, 0) is 9.59 Å². The van der Waals surface area contributed by atoms with Gasteiger partial charge in [-0.1, -0.05) is 12.1 Å². The van der Waals surface area contributed by atoms with Gasteiger partial charge in [-0.2, -0.15) is 0 Å². The molecule has 1 aliphatic heterocycles. The molecule has 0 aromatic heterocycles. The Labute approximate surface area is 98.6 Å². The maximum atomic E-state index is 11.5. The molecule has 0 bridgehead atoms. The van der Waals surface area contributed by atoms with Gasteiger partial charge in [0.15, 0.2) is 0 Å². The lowest BCUT2D eigenvalue weighted by molar-refractivity contribution is -0.143. The van der Waals surface area contributed by atoms with Gasteiger partial charge in [0.1, 0.15) is 6.29 Å². The molecule has 0 saturated carbocycles. The second-order valence-electron chi connectivity index (χ2n) is 3.92. The Morgan fingerprint density at radius 1 is 1.18 bits per heavy atom. The molecule has 1 aromatic carbocycles. The van der Waals surface area contributed by atoms with Gasteiger partial charge >= 0.3 is 0 Å². The van der Waals surface area contributed by atoms with E-state index >= 15 is 0 Å². The van der Waals surface area contributed by atoms with Gasteiger partial charge in [0, 0.05) is 18.3 Å². The molecular weight excluding hydrogens is 220 g/mol. The molecule has 0 aliphatic carbocycles. The Kier molecular flexibility index (Phi) is 2.91. The second kappa shape index (κ2) is 4.37. The summed E-state index contributed by atoms with van der Waals surface area (Å²) in [6, 6.07) is 6.85. The molecule has 1 saturated heterocycles. The highest BCUT2D eigenvalue weighted by Gasteiger charge is 2.28. The number of piperazine rings is 1. The van der Waals surface area contributed by atoms with Crippen molar-refractivity contribution in [2.75, 3.05) is 25.0 Å². The topological polar surface area (TPSA) is 57.7 Å². The summed E-state index contributed by atoms with van der Waals surface area (Å²) in [6.07, 6.45) is 0.739. The summed E-state index contributed by atoms with van der Waals surface area (Å²) >= 11 is 0. The lowest BCUT2D eigenvalue weighted by Crippen LogP contribution is -2.52. The van der Waals surface area contributed by atoms with Crippen molar-refractivity contribution in [3.05, 3.63) is 29.8 Å². The number of likely N-dealkylation sites (N-methyl/N-ethyl adjacent to an activating group) is 1. The monoisotopic (exact) mass is 232 g/mol.